The number of hydrogen-bond donors (Lipinski definition) is 2. The molecule has 9 heteroatoms. The number of rotatable bonds is 6. The highest BCUT2D eigenvalue weighted by atomic mass is 32.1. The summed E-state index contributed by atoms with van der Waals surface area (Å²) in [6, 6.07) is 26.6. The van der Waals surface area contributed by atoms with Crippen LogP contribution in [0.3, 0.4) is 0 Å². The van der Waals surface area contributed by atoms with E-state index in [9.17, 15) is 9.59 Å². The smallest absolute Gasteiger partial charge is 0.317 e. The van der Waals surface area contributed by atoms with Gasteiger partial charge in [-0.3, -0.25) is 15.0 Å². The van der Waals surface area contributed by atoms with E-state index < -0.39 is 0 Å². The van der Waals surface area contributed by atoms with Crippen molar-refractivity contribution in [1.29, 1.82) is 5.26 Å². The van der Waals surface area contributed by atoms with Crippen molar-refractivity contribution in [3.63, 3.8) is 0 Å². The Balaban J connectivity index is 1.11. The summed E-state index contributed by atoms with van der Waals surface area (Å²) in [5.41, 5.74) is 4.89. The first-order chi connectivity index (χ1) is 20.1. The van der Waals surface area contributed by atoms with E-state index in [2.05, 4.69) is 45.9 Å². The predicted octanol–water partition coefficient (Wildman–Crippen LogP) is 6.19. The average molecular weight is 563 g/mol. The number of nitriles is 1. The number of benzene rings is 3. The van der Waals surface area contributed by atoms with Gasteiger partial charge in [0.05, 0.1) is 23.4 Å². The number of urea groups is 1. The van der Waals surface area contributed by atoms with E-state index >= 15 is 0 Å². The van der Waals surface area contributed by atoms with Gasteiger partial charge in [0.15, 0.2) is 5.13 Å². The van der Waals surface area contributed by atoms with Crippen LogP contribution in [0.2, 0.25) is 0 Å². The van der Waals surface area contributed by atoms with Gasteiger partial charge in [-0.25, -0.2) is 9.78 Å². The Hall–Kier alpha value is -4.52. The van der Waals surface area contributed by atoms with Gasteiger partial charge in [0.25, 0.3) is 5.91 Å². The zero-order chi connectivity index (χ0) is 28.2. The molecular formula is C32H30N6O2S. The molecular weight excluding hydrogens is 532 g/mol. The highest BCUT2D eigenvalue weighted by Gasteiger charge is 2.30. The van der Waals surface area contributed by atoms with E-state index in [1.54, 1.807) is 46.6 Å². The lowest BCUT2D eigenvalue weighted by atomic mass is 10.0. The Morgan fingerprint density at radius 2 is 1.85 bits per heavy atom. The summed E-state index contributed by atoms with van der Waals surface area (Å²) in [5, 5.41) is 15.7. The standard InChI is InChI=1S/C32H30N6O2S/c33-19-23-9-4-12-26(17-23)34-32(40)38-15-6-13-28(38)24-10-5-11-25(18-24)30(39)36-31-35-27-14-16-37(21-29(27)41-31)20-22-7-2-1-3-8-22/h1-5,7-12,17-18,28H,6,13-16,20-21H2,(H,34,40)(H,35,36,39). The topological polar surface area (TPSA) is 101 Å². The number of hydrogen-bond acceptors (Lipinski definition) is 6. The molecule has 8 nitrogen and oxygen atoms in total. The summed E-state index contributed by atoms with van der Waals surface area (Å²) in [5.74, 6) is -0.207. The van der Waals surface area contributed by atoms with E-state index in [1.807, 2.05) is 24.3 Å². The van der Waals surface area contributed by atoms with Gasteiger partial charge < -0.3 is 10.2 Å². The number of nitrogens with zero attached hydrogens (tertiary/aromatic N) is 4. The van der Waals surface area contributed by atoms with Gasteiger partial charge in [0, 0.05) is 48.7 Å². The molecule has 0 radical (unpaired) electrons. The minimum atomic E-state index is -0.216. The molecule has 0 saturated carbocycles. The first-order valence-electron chi connectivity index (χ1n) is 13.8. The average Bonchev–Trinajstić information content (AvgIpc) is 3.65. The Labute approximate surface area is 243 Å². The van der Waals surface area contributed by atoms with E-state index in [4.69, 9.17) is 10.2 Å². The largest absolute Gasteiger partial charge is 0.322 e. The number of anilines is 2. The van der Waals surface area contributed by atoms with Gasteiger partial charge >= 0.3 is 6.03 Å². The lowest BCUT2D eigenvalue weighted by Gasteiger charge is -2.25. The van der Waals surface area contributed by atoms with E-state index in [-0.39, 0.29) is 18.0 Å². The number of carbonyl (C=O) groups excluding carboxylic acids is 2. The van der Waals surface area contributed by atoms with Crippen molar-refractivity contribution in [1.82, 2.24) is 14.8 Å². The van der Waals surface area contributed by atoms with Crippen LogP contribution in [0.4, 0.5) is 15.6 Å². The van der Waals surface area contributed by atoms with Crippen molar-refractivity contribution in [3.05, 3.63) is 112 Å². The molecule has 1 fully saturated rings. The summed E-state index contributed by atoms with van der Waals surface area (Å²) < 4.78 is 0. The first kappa shape index (κ1) is 26.7. The third-order valence-corrected chi connectivity index (χ3v) is 8.57. The maximum atomic E-state index is 13.2. The molecule has 1 saturated heterocycles. The number of aromatic nitrogens is 1. The van der Waals surface area contributed by atoms with Crippen LogP contribution in [-0.4, -0.2) is 39.8 Å². The van der Waals surface area contributed by atoms with Crippen molar-refractivity contribution >= 4 is 34.1 Å². The van der Waals surface area contributed by atoms with Crippen LogP contribution < -0.4 is 10.6 Å². The summed E-state index contributed by atoms with van der Waals surface area (Å²) in [4.78, 5) is 36.5. The second kappa shape index (κ2) is 11.9. The van der Waals surface area contributed by atoms with E-state index in [0.29, 0.717) is 28.5 Å². The second-order valence-corrected chi connectivity index (χ2v) is 11.5. The second-order valence-electron chi connectivity index (χ2n) is 10.4. The molecule has 206 valence electrons. The molecule has 1 unspecified atom stereocenters. The number of amides is 3. The van der Waals surface area contributed by atoms with Gasteiger partial charge in [-0.2, -0.15) is 5.26 Å². The number of carbonyl (C=O) groups is 2. The van der Waals surface area contributed by atoms with Crippen LogP contribution in [0.1, 0.15) is 56.5 Å². The maximum Gasteiger partial charge on any atom is 0.322 e. The van der Waals surface area contributed by atoms with Crippen molar-refractivity contribution in [2.45, 2.75) is 38.4 Å². The zero-order valence-corrected chi connectivity index (χ0v) is 23.4. The van der Waals surface area contributed by atoms with Crippen LogP contribution in [0.5, 0.6) is 0 Å². The fourth-order valence-corrected chi connectivity index (χ4v) is 6.60. The molecule has 4 aromatic rings. The molecule has 3 aromatic carbocycles. The lowest BCUT2D eigenvalue weighted by Crippen LogP contribution is -2.34. The molecule has 6 rings (SSSR count). The van der Waals surface area contributed by atoms with Crippen molar-refractivity contribution in [2.75, 3.05) is 23.7 Å². The first-order valence-corrected chi connectivity index (χ1v) is 14.6. The van der Waals surface area contributed by atoms with Crippen LogP contribution in [0, 0.1) is 11.3 Å². The van der Waals surface area contributed by atoms with Gasteiger partial charge in [0.1, 0.15) is 0 Å². The van der Waals surface area contributed by atoms with Crippen LogP contribution in [0.25, 0.3) is 0 Å². The summed E-state index contributed by atoms with van der Waals surface area (Å²) >= 11 is 1.54. The summed E-state index contributed by atoms with van der Waals surface area (Å²) in [6.45, 7) is 3.29. The Kier molecular flexibility index (Phi) is 7.76. The van der Waals surface area contributed by atoms with Gasteiger partial charge in [-0.1, -0.05) is 48.5 Å². The zero-order valence-electron chi connectivity index (χ0n) is 22.5. The number of nitrogens with one attached hydrogen (secondary N) is 2. The minimum absolute atomic E-state index is 0.135. The fourth-order valence-electron chi connectivity index (χ4n) is 5.55. The Morgan fingerprint density at radius 3 is 2.71 bits per heavy atom. The molecule has 0 bridgehead atoms. The molecule has 2 N–H and O–H groups in total. The molecule has 41 heavy (non-hydrogen) atoms. The molecule has 1 aromatic heterocycles. The molecule has 0 spiro atoms. The Morgan fingerprint density at radius 1 is 1.00 bits per heavy atom. The quantitative estimate of drug-likeness (QED) is 0.292. The third kappa shape index (κ3) is 6.14. The third-order valence-electron chi connectivity index (χ3n) is 7.57. The van der Waals surface area contributed by atoms with Crippen molar-refractivity contribution in [3.8, 4) is 6.07 Å². The Bertz CT molecular complexity index is 1610. The molecule has 0 aliphatic carbocycles. The number of fused-ring (bicyclic) bond motifs is 1. The molecule has 2 aliphatic heterocycles. The summed E-state index contributed by atoms with van der Waals surface area (Å²) in [7, 11) is 0. The lowest BCUT2D eigenvalue weighted by molar-refractivity contribution is 0.102. The summed E-state index contributed by atoms with van der Waals surface area (Å²) in [6.07, 6.45) is 2.55. The van der Waals surface area contributed by atoms with Gasteiger partial charge in [0.2, 0.25) is 0 Å². The molecule has 1 atom stereocenters. The maximum absolute atomic E-state index is 13.2. The monoisotopic (exact) mass is 562 g/mol. The minimum Gasteiger partial charge on any atom is -0.317 e. The predicted molar refractivity (Wildman–Crippen MR) is 160 cm³/mol. The van der Waals surface area contributed by atoms with E-state index in [0.717, 1.165) is 50.2 Å². The highest BCUT2D eigenvalue weighted by Crippen LogP contribution is 2.34. The number of thiazole rings is 1. The highest BCUT2D eigenvalue weighted by molar-refractivity contribution is 7.15. The van der Waals surface area contributed by atoms with Gasteiger partial charge in [-0.05, 0) is 54.3 Å². The SMILES string of the molecule is N#Cc1cccc(NC(=O)N2CCCC2c2cccc(C(=O)Nc3nc4c(s3)CN(Cc3ccccc3)CC4)c2)c1. The molecule has 2 aliphatic rings. The van der Waals surface area contributed by atoms with Crippen molar-refractivity contribution < 1.29 is 9.59 Å². The van der Waals surface area contributed by atoms with Crippen LogP contribution in [-0.2, 0) is 19.5 Å². The van der Waals surface area contributed by atoms with E-state index in [1.165, 1.54) is 10.4 Å². The van der Waals surface area contributed by atoms with Crippen LogP contribution in [0.15, 0.2) is 78.9 Å². The molecule has 3 amide bonds. The normalized spacial score (nSPS) is 16.6. The molecule has 3 heterocycles. The van der Waals surface area contributed by atoms with Crippen molar-refractivity contribution in [2.24, 2.45) is 0 Å². The number of likely N-dealkylation sites (tertiary alicyclic amines) is 1. The fraction of sp³-hybridized carbons (Fsp3) is 0.250. The van der Waals surface area contributed by atoms with Gasteiger partial charge in [-0.15, -0.1) is 11.3 Å². The van der Waals surface area contributed by atoms with Crippen LogP contribution >= 0.6 is 11.3 Å².